The van der Waals surface area contributed by atoms with Crippen LogP contribution in [0.5, 0.6) is 0 Å². The van der Waals surface area contributed by atoms with Crippen LogP contribution in [0.1, 0.15) is 57.8 Å². The summed E-state index contributed by atoms with van der Waals surface area (Å²) in [4.78, 5) is 0. The molecule has 2 nitrogen and oxygen atoms in total. The van der Waals surface area contributed by atoms with Crippen LogP contribution in [-0.4, -0.2) is 35.5 Å². The summed E-state index contributed by atoms with van der Waals surface area (Å²) in [6, 6.07) is 0. The van der Waals surface area contributed by atoms with Crippen molar-refractivity contribution in [3.05, 3.63) is 11.9 Å². The van der Waals surface area contributed by atoms with Crippen LogP contribution in [0.2, 0.25) is 0 Å². The van der Waals surface area contributed by atoms with Crippen molar-refractivity contribution < 1.29 is 0 Å². The van der Waals surface area contributed by atoms with Crippen molar-refractivity contribution in [2.24, 2.45) is 5.92 Å². The van der Waals surface area contributed by atoms with Crippen LogP contribution < -0.4 is 0 Å². The first-order valence-electron chi connectivity index (χ1n) is 8.41. The standard InChI is InChI=1S/C16H29N2P/c1-2-8-16(9-3-1)10-15-19(17-11-4-5-12-17)18-13-6-7-14-18/h10,15-16H,1-9,11-14H2/b15-10+. The predicted octanol–water partition coefficient (Wildman–Crippen LogP) is 4.58. The fraction of sp³-hybridized carbons (Fsp3) is 0.875. The third-order valence-corrected chi connectivity index (χ3v) is 7.28. The topological polar surface area (TPSA) is 6.48 Å². The van der Waals surface area contributed by atoms with Crippen LogP contribution in [0.3, 0.4) is 0 Å². The Morgan fingerprint density at radius 2 is 1.21 bits per heavy atom. The summed E-state index contributed by atoms with van der Waals surface area (Å²) in [5, 5.41) is 0. The number of nitrogens with zero attached hydrogens (tertiary/aromatic N) is 2. The van der Waals surface area contributed by atoms with E-state index in [1.165, 1.54) is 84.0 Å². The van der Waals surface area contributed by atoms with E-state index in [-0.39, 0.29) is 8.22 Å². The lowest BCUT2D eigenvalue weighted by Gasteiger charge is -2.33. The van der Waals surface area contributed by atoms with E-state index in [9.17, 15) is 0 Å². The van der Waals surface area contributed by atoms with Crippen molar-refractivity contribution >= 4 is 8.22 Å². The first kappa shape index (κ1) is 14.0. The fourth-order valence-electron chi connectivity index (χ4n) is 3.70. The minimum atomic E-state index is -0.102. The van der Waals surface area contributed by atoms with Gasteiger partial charge < -0.3 is 0 Å². The Hall–Kier alpha value is 0.0900. The van der Waals surface area contributed by atoms with E-state index < -0.39 is 0 Å². The molecule has 1 saturated carbocycles. The van der Waals surface area contributed by atoms with E-state index in [0.29, 0.717) is 0 Å². The molecule has 3 heteroatoms. The Balaban J connectivity index is 1.61. The Bertz CT molecular complexity index is 271. The van der Waals surface area contributed by atoms with Gasteiger partial charge in [0.25, 0.3) is 0 Å². The highest BCUT2D eigenvalue weighted by molar-refractivity contribution is 7.56. The quantitative estimate of drug-likeness (QED) is 0.695. The highest BCUT2D eigenvalue weighted by Gasteiger charge is 2.27. The molecule has 0 aromatic heterocycles. The van der Waals surface area contributed by atoms with E-state index >= 15 is 0 Å². The molecule has 2 saturated heterocycles. The summed E-state index contributed by atoms with van der Waals surface area (Å²) in [5.41, 5.74) is 0. The zero-order valence-electron chi connectivity index (χ0n) is 12.3. The molecule has 2 heterocycles. The minimum absolute atomic E-state index is 0.102. The summed E-state index contributed by atoms with van der Waals surface area (Å²) in [5.74, 6) is 3.52. The second-order valence-electron chi connectivity index (χ2n) is 6.38. The number of rotatable bonds is 4. The van der Waals surface area contributed by atoms with Crippen LogP contribution in [0.25, 0.3) is 0 Å². The summed E-state index contributed by atoms with van der Waals surface area (Å²) >= 11 is 0. The Morgan fingerprint density at radius 1 is 0.684 bits per heavy atom. The lowest BCUT2D eigenvalue weighted by molar-refractivity contribution is 0.419. The molecule has 2 aliphatic heterocycles. The highest BCUT2D eigenvalue weighted by Crippen LogP contribution is 2.49. The minimum Gasteiger partial charge on any atom is -0.267 e. The maximum atomic E-state index is 2.78. The molecule has 0 unspecified atom stereocenters. The molecule has 1 aliphatic carbocycles. The van der Waals surface area contributed by atoms with Gasteiger partial charge in [0.05, 0.1) is 8.22 Å². The zero-order valence-corrected chi connectivity index (χ0v) is 13.2. The van der Waals surface area contributed by atoms with Crippen molar-refractivity contribution in [1.29, 1.82) is 0 Å². The lowest BCUT2D eigenvalue weighted by atomic mass is 9.90. The highest BCUT2D eigenvalue weighted by atomic mass is 31.1. The Kier molecular flexibility index (Phi) is 5.32. The molecular weight excluding hydrogens is 251 g/mol. The number of allylic oxidation sites excluding steroid dienone is 1. The molecule has 0 N–H and O–H groups in total. The van der Waals surface area contributed by atoms with E-state index in [4.69, 9.17) is 0 Å². The van der Waals surface area contributed by atoms with Crippen molar-refractivity contribution in [3.8, 4) is 0 Å². The zero-order chi connectivity index (χ0) is 12.9. The summed E-state index contributed by atoms with van der Waals surface area (Å²) < 4.78 is 5.56. The molecule has 108 valence electrons. The van der Waals surface area contributed by atoms with E-state index in [0.717, 1.165) is 5.92 Å². The third kappa shape index (κ3) is 3.80. The summed E-state index contributed by atoms with van der Waals surface area (Å²) in [6.45, 7) is 5.38. The second-order valence-corrected chi connectivity index (χ2v) is 8.45. The first-order chi connectivity index (χ1) is 9.43. The Labute approximate surface area is 120 Å². The molecule has 0 bridgehead atoms. The van der Waals surface area contributed by atoms with Crippen molar-refractivity contribution in [1.82, 2.24) is 9.34 Å². The molecule has 3 rings (SSSR count). The van der Waals surface area contributed by atoms with Crippen molar-refractivity contribution in [2.75, 3.05) is 26.2 Å². The van der Waals surface area contributed by atoms with Gasteiger partial charge in [-0.1, -0.05) is 25.3 Å². The molecule has 3 aliphatic rings. The molecule has 0 amide bonds. The smallest absolute Gasteiger partial charge is 0.0644 e. The molecule has 0 aromatic rings. The van der Waals surface area contributed by atoms with Gasteiger partial charge in [-0.05, 0) is 50.3 Å². The summed E-state index contributed by atoms with van der Waals surface area (Å²) in [6.07, 6.45) is 15.6. The van der Waals surface area contributed by atoms with Gasteiger partial charge in [-0.15, -0.1) is 0 Å². The van der Waals surface area contributed by atoms with Crippen LogP contribution in [-0.2, 0) is 0 Å². The monoisotopic (exact) mass is 280 g/mol. The third-order valence-electron chi connectivity index (χ3n) is 4.89. The van der Waals surface area contributed by atoms with Gasteiger partial charge in [0, 0.05) is 26.2 Å². The molecule has 0 atom stereocenters. The van der Waals surface area contributed by atoms with E-state index in [1.807, 2.05) is 0 Å². The van der Waals surface area contributed by atoms with Gasteiger partial charge in [0.15, 0.2) is 0 Å². The van der Waals surface area contributed by atoms with Gasteiger partial charge in [-0.2, -0.15) is 0 Å². The van der Waals surface area contributed by atoms with Gasteiger partial charge in [-0.25, -0.2) is 0 Å². The van der Waals surface area contributed by atoms with Crippen LogP contribution in [0.15, 0.2) is 11.9 Å². The van der Waals surface area contributed by atoms with Gasteiger partial charge in [0.2, 0.25) is 0 Å². The van der Waals surface area contributed by atoms with Gasteiger partial charge in [0.1, 0.15) is 0 Å². The largest absolute Gasteiger partial charge is 0.267 e. The molecule has 0 spiro atoms. The van der Waals surface area contributed by atoms with Crippen LogP contribution in [0.4, 0.5) is 0 Å². The second kappa shape index (κ2) is 7.20. The number of hydrogen-bond acceptors (Lipinski definition) is 2. The molecule has 0 radical (unpaired) electrons. The average molecular weight is 280 g/mol. The fourth-order valence-corrected chi connectivity index (χ4v) is 6.22. The SMILES string of the molecule is C(=C\P(N1CCCC1)N1CCCC1)/C1CCCCC1. The van der Waals surface area contributed by atoms with Crippen LogP contribution >= 0.6 is 8.22 Å². The van der Waals surface area contributed by atoms with Crippen molar-refractivity contribution in [2.45, 2.75) is 57.8 Å². The molecule has 3 fully saturated rings. The van der Waals surface area contributed by atoms with Gasteiger partial charge >= 0.3 is 0 Å². The maximum absolute atomic E-state index is 2.78. The predicted molar refractivity (Wildman–Crippen MR) is 84.2 cm³/mol. The molecule has 0 aromatic carbocycles. The molecule has 19 heavy (non-hydrogen) atoms. The van der Waals surface area contributed by atoms with E-state index in [1.54, 1.807) is 0 Å². The van der Waals surface area contributed by atoms with Crippen LogP contribution in [0, 0.1) is 5.92 Å². The average Bonchev–Trinajstić information content (AvgIpc) is 3.13. The molecular formula is C16H29N2P. The van der Waals surface area contributed by atoms with Gasteiger partial charge in [-0.3, -0.25) is 9.34 Å². The number of hydrogen-bond donors (Lipinski definition) is 0. The van der Waals surface area contributed by atoms with E-state index in [2.05, 4.69) is 21.2 Å². The maximum Gasteiger partial charge on any atom is 0.0644 e. The van der Waals surface area contributed by atoms with Crippen molar-refractivity contribution in [3.63, 3.8) is 0 Å². The Morgan fingerprint density at radius 3 is 1.74 bits per heavy atom. The lowest BCUT2D eigenvalue weighted by Crippen LogP contribution is -2.24. The first-order valence-corrected chi connectivity index (χ1v) is 9.72. The summed E-state index contributed by atoms with van der Waals surface area (Å²) in [7, 11) is -0.102. The normalized spacial score (nSPS) is 28.1.